The summed E-state index contributed by atoms with van der Waals surface area (Å²) in [6, 6.07) is 10.3. The molecule has 0 fully saturated rings. The highest BCUT2D eigenvalue weighted by atomic mass is 16.6. The van der Waals surface area contributed by atoms with E-state index in [4.69, 9.17) is 4.74 Å². The van der Waals surface area contributed by atoms with Crippen molar-refractivity contribution in [2.75, 3.05) is 10.6 Å². The summed E-state index contributed by atoms with van der Waals surface area (Å²) in [5.41, 5.74) is 1.53. The first-order valence-electron chi connectivity index (χ1n) is 7.56. The molecule has 2 aromatic rings. The number of ether oxygens (including phenoxy) is 1. The molecule has 1 aliphatic rings. The van der Waals surface area contributed by atoms with Gasteiger partial charge in [0.1, 0.15) is 6.04 Å². The van der Waals surface area contributed by atoms with Gasteiger partial charge in [-0.3, -0.25) is 14.9 Å². The first-order valence-corrected chi connectivity index (χ1v) is 7.56. The van der Waals surface area contributed by atoms with Gasteiger partial charge in [0.15, 0.2) is 5.75 Å². The van der Waals surface area contributed by atoms with E-state index in [1.807, 2.05) is 0 Å². The molecule has 0 aliphatic carbocycles. The second-order valence-electron chi connectivity index (χ2n) is 5.62. The van der Waals surface area contributed by atoms with Crippen molar-refractivity contribution < 1.29 is 19.2 Å². The summed E-state index contributed by atoms with van der Waals surface area (Å²) in [7, 11) is 0. The maximum absolute atomic E-state index is 12.2. The summed E-state index contributed by atoms with van der Waals surface area (Å²) in [6.07, 6.45) is -0.157. The molecule has 1 atom stereocenters. The number of nitrogens with zero attached hydrogens (tertiary/aromatic N) is 1. The lowest BCUT2D eigenvalue weighted by Gasteiger charge is -2.25. The summed E-state index contributed by atoms with van der Waals surface area (Å²) < 4.78 is 5.20. The molecule has 2 N–H and O–H groups in total. The summed E-state index contributed by atoms with van der Waals surface area (Å²) in [5, 5.41) is 16.4. The second kappa shape index (κ2) is 6.60. The topological polar surface area (TPSA) is 111 Å². The zero-order chi connectivity index (χ0) is 18.0. The zero-order valence-corrected chi connectivity index (χ0v) is 13.3. The number of hydrogen-bond donors (Lipinski definition) is 2. The van der Waals surface area contributed by atoms with Crippen LogP contribution in [0.25, 0.3) is 0 Å². The number of fused-ring (bicyclic) bond motifs is 1. The van der Waals surface area contributed by atoms with E-state index in [0.29, 0.717) is 22.7 Å². The Balaban J connectivity index is 1.70. The minimum absolute atomic E-state index is 0.120. The number of rotatable bonds is 4. The standard InChI is InChI=1S/C17H15N3O5/c1-10-6-7-11(20(23)24)8-13(10)19-16(21)9-14-17(22)25-15-5-3-2-4-12(15)18-14/h2-8,14,18H,9H2,1H3,(H,19,21)/t14-/m1/s1. The maximum Gasteiger partial charge on any atom is 0.334 e. The van der Waals surface area contributed by atoms with Crippen LogP contribution in [0.15, 0.2) is 42.5 Å². The van der Waals surface area contributed by atoms with Crippen LogP contribution < -0.4 is 15.4 Å². The fourth-order valence-corrected chi connectivity index (χ4v) is 2.48. The Hall–Kier alpha value is -3.42. The molecule has 0 saturated carbocycles. The minimum atomic E-state index is -0.825. The number of anilines is 2. The van der Waals surface area contributed by atoms with Crippen LogP contribution in [0.2, 0.25) is 0 Å². The summed E-state index contributed by atoms with van der Waals surface area (Å²) in [6.45, 7) is 1.72. The smallest absolute Gasteiger partial charge is 0.334 e. The molecule has 1 heterocycles. The van der Waals surface area contributed by atoms with Crippen molar-refractivity contribution in [3.8, 4) is 5.75 Å². The monoisotopic (exact) mass is 341 g/mol. The molecule has 1 amide bonds. The first-order chi connectivity index (χ1) is 11.9. The number of hydrogen-bond acceptors (Lipinski definition) is 6. The van der Waals surface area contributed by atoms with E-state index in [-0.39, 0.29) is 12.1 Å². The second-order valence-corrected chi connectivity index (χ2v) is 5.62. The summed E-state index contributed by atoms with van der Waals surface area (Å²) in [5.74, 6) is -0.583. The molecular weight excluding hydrogens is 326 g/mol. The van der Waals surface area contributed by atoms with Crippen molar-refractivity contribution in [3.63, 3.8) is 0 Å². The van der Waals surface area contributed by atoms with Crippen LogP contribution in [0.5, 0.6) is 5.75 Å². The number of non-ortho nitro benzene ring substituents is 1. The molecule has 128 valence electrons. The third-order valence-electron chi connectivity index (χ3n) is 3.81. The summed E-state index contributed by atoms with van der Waals surface area (Å²) >= 11 is 0. The third-order valence-corrected chi connectivity index (χ3v) is 3.81. The van der Waals surface area contributed by atoms with Crippen LogP contribution in [0.1, 0.15) is 12.0 Å². The van der Waals surface area contributed by atoms with Gasteiger partial charge in [0.25, 0.3) is 5.69 Å². The molecule has 25 heavy (non-hydrogen) atoms. The number of benzene rings is 2. The number of amides is 1. The number of nitro groups is 1. The fourth-order valence-electron chi connectivity index (χ4n) is 2.48. The molecule has 0 aromatic heterocycles. The first kappa shape index (κ1) is 16.4. The molecule has 0 spiro atoms. The van der Waals surface area contributed by atoms with E-state index in [2.05, 4.69) is 10.6 Å². The van der Waals surface area contributed by atoms with Gasteiger partial charge in [0.2, 0.25) is 5.91 Å². The van der Waals surface area contributed by atoms with Gasteiger partial charge in [0, 0.05) is 12.1 Å². The van der Waals surface area contributed by atoms with Crippen molar-refractivity contribution in [2.24, 2.45) is 0 Å². The summed E-state index contributed by atoms with van der Waals surface area (Å²) in [4.78, 5) is 34.6. The predicted molar refractivity (Wildman–Crippen MR) is 90.6 cm³/mol. The molecule has 1 aliphatic heterocycles. The van der Waals surface area contributed by atoms with Crippen LogP contribution in [0.3, 0.4) is 0 Å². The third kappa shape index (κ3) is 3.57. The molecule has 0 saturated heterocycles. The normalized spacial score (nSPS) is 15.6. The van der Waals surface area contributed by atoms with Gasteiger partial charge in [0.05, 0.1) is 22.7 Å². The Morgan fingerprint density at radius 2 is 2.08 bits per heavy atom. The lowest BCUT2D eigenvalue weighted by atomic mass is 10.1. The fraction of sp³-hybridized carbons (Fsp3) is 0.176. The largest absolute Gasteiger partial charge is 0.423 e. The van der Waals surface area contributed by atoms with Gasteiger partial charge in [-0.25, -0.2) is 4.79 Å². The number of carbonyl (C=O) groups is 2. The highest BCUT2D eigenvalue weighted by Crippen LogP contribution is 2.29. The molecule has 0 bridgehead atoms. The average Bonchev–Trinajstić information content (AvgIpc) is 2.57. The molecule has 0 radical (unpaired) electrons. The molecule has 0 unspecified atom stereocenters. The van der Waals surface area contributed by atoms with Crippen molar-refractivity contribution >= 4 is 28.9 Å². The van der Waals surface area contributed by atoms with Crippen molar-refractivity contribution in [3.05, 3.63) is 58.1 Å². The number of para-hydroxylation sites is 2. The van der Waals surface area contributed by atoms with Gasteiger partial charge < -0.3 is 15.4 Å². The number of aryl methyl sites for hydroxylation is 1. The number of nitro benzene ring substituents is 1. The number of esters is 1. The van der Waals surface area contributed by atoms with Crippen molar-refractivity contribution in [2.45, 2.75) is 19.4 Å². The van der Waals surface area contributed by atoms with E-state index in [1.54, 1.807) is 37.3 Å². The van der Waals surface area contributed by atoms with Crippen LogP contribution in [0.4, 0.5) is 17.1 Å². The lowest BCUT2D eigenvalue weighted by Crippen LogP contribution is -2.39. The van der Waals surface area contributed by atoms with E-state index in [0.717, 1.165) is 0 Å². The van der Waals surface area contributed by atoms with Gasteiger partial charge in [-0.05, 0) is 24.6 Å². The maximum atomic E-state index is 12.2. The van der Waals surface area contributed by atoms with E-state index in [9.17, 15) is 19.7 Å². The lowest BCUT2D eigenvalue weighted by molar-refractivity contribution is -0.384. The molecule has 2 aromatic carbocycles. The van der Waals surface area contributed by atoms with E-state index >= 15 is 0 Å². The Morgan fingerprint density at radius 1 is 1.32 bits per heavy atom. The Bertz CT molecular complexity index is 865. The molecular formula is C17H15N3O5. The van der Waals surface area contributed by atoms with Crippen molar-refractivity contribution in [1.29, 1.82) is 0 Å². The van der Waals surface area contributed by atoms with Crippen LogP contribution in [-0.4, -0.2) is 22.8 Å². The number of carbonyl (C=O) groups excluding carboxylic acids is 2. The Morgan fingerprint density at radius 3 is 2.84 bits per heavy atom. The van der Waals surface area contributed by atoms with Gasteiger partial charge in [-0.1, -0.05) is 18.2 Å². The SMILES string of the molecule is Cc1ccc([N+](=O)[O-])cc1NC(=O)C[C@H]1Nc2ccccc2OC1=O. The highest BCUT2D eigenvalue weighted by molar-refractivity contribution is 5.97. The Kier molecular flexibility index (Phi) is 4.34. The Labute approximate surface area is 142 Å². The molecule has 8 heteroatoms. The van der Waals surface area contributed by atoms with Crippen molar-refractivity contribution in [1.82, 2.24) is 0 Å². The van der Waals surface area contributed by atoms with E-state index in [1.165, 1.54) is 12.1 Å². The predicted octanol–water partition coefficient (Wildman–Crippen LogP) is 2.63. The molecule has 3 rings (SSSR count). The quantitative estimate of drug-likeness (QED) is 0.383. The average molecular weight is 341 g/mol. The van der Waals surface area contributed by atoms with Gasteiger partial charge >= 0.3 is 5.97 Å². The highest BCUT2D eigenvalue weighted by Gasteiger charge is 2.29. The van der Waals surface area contributed by atoms with Crippen LogP contribution in [-0.2, 0) is 9.59 Å². The van der Waals surface area contributed by atoms with E-state index < -0.39 is 22.8 Å². The number of nitrogens with one attached hydrogen (secondary N) is 2. The van der Waals surface area contributed by atoms with Gasteiger partial charge in [-0.2, -0.15) is 0 Å². The van der Waals surface area contributed by atoms with Gasteiger partial charge in [-0.15, -0.1) is 0 Å². The van der Waals surface area contributed by atoms with Crippen LogP contribution >= 0.6 is 0 Å². The zero-order valence-electron chi connectivity index (χ0n) is 13.3. The minimum Gasteiger partial charge on any atom is -0.423 e. The molecule has 8 nitrogen and oxygen atoms in total. The van der Waals surface area contributed by atoms with Crippen LogP contribution in [0, 0.1) is 17.0 Å².